The highest BCUT2D eigenvalue weighted by atomic mass is 15.5. The average molecular weight is 310 g/mol. The Morgan fingerprint density at radius 3 is 2.26 bits per heavy atom. The second-order valence-corrected chi connectivity index (χ2v) is 7.50. The van der Waals surface area contributed by atoms with Crippen molar-refractivity contribution >= 4 is 0 Å². The highest BCUT2D eigenvalue weighted by Crippen LogP contribution is 2.46. The molecule has 0 radical (unpaired) electrons. The lowest BCUT2D eigenvalue weighted by molar-refractivity contribution is 0.406. The smallest absolute Gasteiger partial charge is 0.0912 e. The van der Waals surface area contributed by atoms with Crippen LogP contribution in [0.15, 0.2) is 30.3 Å². The number of nitrogens with zero attached hydrogens (tertiary/aromatic N) is 4. The topological polar surface area (TPSA) is 34.0 Å². The summed E-state index contributed by atoms with van der Waals surface area (Å²) in [6.45, 7) is 6.51. The van der Waals surface area contributed by atoms with Crippen LogP contribution in [0.1, 0.15) is 67.4 Å². The number of hydrogen-bond donors (Lipinski definition) is 0. The van der Waals surface area contributed by atoms with Crippen LogP contribution in [0.5, 0.6) is 0 Å². The van der Waals surface area contributed by atoms with Crippen molar-refractivity contribution in [2.24, 2.45) is 0 Å². The molecule has 2 aromatic rings. The minimum atomic E-state index is 0.329. The second kappa shape index (κ2) is 5.75. The van der Waals surface area contributed by atoms with E-state index in [0.29, 0.717) is 23.8 Å². The number of benzene rings is 1. The van der Waals surface area contributed by atoms with Gasteiger partial charge in [0.25, 0.3) is 0 Å². The van der Waals surface area contributed by atoms with E-state index in [-0.39, 0.29) is 0 Å². The first-order valence-corrected chi connectivity index (χ1v) is 8.83. The highest BCUT2D eigenvalue weighted by Gasteiger charge is 2.40. The molecule has 1 aliphatic carbocycles. The molecular formula is C19H26N4. The van der Waals surface area contributed by atoms with Gasteiger partial charge in [0.2, 0.25) is 0 Å². The number of likely N-dealkylation sites (tertiary alicyclic amines) is 1. The average Bonchev–Trinajstić information content (AvgIpc) is 3.17. The van der Waals surface area contributed by atoms with Crippen molar-refractivity contribution in [2.75, 3.05) is 20.1 Å². The first-order valence-electron chi connectivity index (χ1n) is 8.83. The molecule has 1 aliphatic heterocycles. The van der Waals surface area contributed by atoms with Crippen LogP contribution in [0, 0.1) is 0 Å². The summed E-state index contributed by atoms with van der Waals surface area (Å²) in [6.07, 6.45) is 2.56. The summed E-state index contributed by atoms with van der Waals surface area (Å²) in [5, 5.41) is 9.80. The van der Waals surface area contributed by atoms with E-state index < -0.39 is 0 Å². The van der Waals surface area contributed by atoms with Gasteiger partial charge in [0.05, 0.1) is 17.4 Å². The van der Waals surface area contributed by atoms with E-state index in [9.17, 15) is 0 Å². The fourth-order valence-corrected chi connectivity index (χ4v) is 3.80. The van der Waals surface area contributed by atoms with Gasteiger partial charge in [-0.2, -0.15) is 15.0 Å². The molecule has 0 amide bonds. The van der Waals surface area contributed by atoms with Gasteiger partial charge >= 0.3 is 0 Å². The van der Waals surface area contributed by atoms with Crippen molar-refractivity contribution in [3.63, 3.8) is 0 Å². The Labute approximate surface area is 138 Å². The molecule has 4 rings (SSSR count). The summed E-state index contributed by atoms with van der Waals surface area (Å²) >= 11 is 0. The van der Waals surface area contributed by atoms with Crippen LogP contribution in [0.3, 0.4) is 0 Å². The van der Waals surface area contributed by atoms with Crippen molar-refractivity contribution < 1.29 is 0 Å². The molecule has 2 atom stereocenters. The van der Waals surface area contributed by atoms with Gasteiger partial charge < -0.3 is 4.90 Å². The molecule has 4 nitrogen and oxygen atoms in total. The lowest BCUT2D eigenvalue weighted by Gasteiger charge is -2.18. The zero-order valence-corrected chi connectivity index (χ0v) is 14.3. The van der Waals surface area contributed by atoms with E-state index in [1.165, 1.54) is 29.8 Å². The van der Waals surface area contributed by atoms with Crippen LogP contribution in [-0.2, 0) is 0 Å². The van der Waals surface area contributed by atoms with Gasteiger partial charge in [-0.1, -0.05) is 30.3 Å². The molecule has 1 saturated heterocycles. The fourth-order valence-electron chi connectivity index (χ4n) is 3.80. The third-order valence-electron chi connectivity index (χ3n) is 5.19. The lowest BCUT2D eigenvalue weighted by atomic mass is 9.85. The largest absolute Gasteiger partial charge is 0.305 e. The third-order valence-corrected chi connectivity index (χ3v) is 5.19. The number of aromatic nitrogens is 3. The van der Waals surface area contributed by atoms with Crippen molar-refractivity contribution in [3.8, 4) is 0 Å². The first-order chi connectivity index (χ1) is 11.1. The summed E-state index contributed by atoms with van der Waals surface area (Å²) in [5.74, 6) is 1.64. The SMILES string of the molecule is CC(C)n1nc(C2CC2)c(C2CN(C)CC2c2ccccc2)n1. The Kier molecular flexibility index (Phi) is 3.72. The maximum absolute atomic E-state index is 4.94. The molecule has 122 valence electrons. The Bertz CT molecular complexity index is 672. The Balaban J connectivity index is 1.73. The molecule has 23 heavy (non-hydrogen) atoms. The molecular weight excluding hydrogens is 284 g/mol. The molecule has 1 aromatic carbocycles. The number of rotatable bonds is 4. The predicted octanol–water partition coefficient (Wildman–Crippen LogP) is 3.55. The van der Waals surface area contributed by atoms with Crippen LogP contribution >= 0.6 is 0 Å². The molecule has 1 saturated carbocycles. The third kappa shape index (κ3) is 2.80. The van der Waals surface area contributed by atoms with Crippen LogP contribution < -0.4 is 0 Å². The van der Waals surface area contributed by atoms with Gasteiger partial charge in [-0.05, 0) is 39.3 Å². The van der Waals surface area contributed by atoms with Crippen molar-refractivity contribution in [3.05, 3.63) is 47.3 Å². The summed E-state index contributed by atoms with van der Waals surface area (Å²) < 4.78 is 0. The number of hydrogen-bond acceptors (Lipinski definition) is 3. The van der Waals surface area contributed by atoms with Gasteiger partial charge in [0.1, 0.15) is 0 Å². The summed E-state index contributed by atoms with van der Waals surface area (Å²) in [5.41, 5.74) is 3.97. The van der Waals surface area contributed by atoms with Crippen LogP contribution in [-0.4, -0.2) is 40.0 Å². The molecule has 2 heterocycles. The van der Waals surface area contributed by atoms with Crippen molar-refractivity contribution in [1.29, 1.82) is 0 Å². The van der Waals surface area contributed by atoms with E-state index in [2.05, 4.69) is 56.1 Å². The molecule has 0 N–H and O–H groups in total. The minimum absolute atomic E-state index is 0.329. The fraction of sp³-hybridized carbons (Fsp3) is 0.579. The van der Waals surface area contributed by atoms with Gasteiger partial charge in [0, 0.05) is 30.8 Å². The zero-order chi connectivity index (χ0) is 16.0. The summed E-state index contributed by atoms with van der Waals surface area (Å²) in [7, 11) is 2.22. The number of likely N-dealkylation sites (N-methyl/N-ethyl adjacent to an activating group) is 1. The second-order valence-electron chi connectivity index (χ2n) is 7.50. The normalized spacial score (nSPS) is 25.4. The standard InChI is InChI=1S/C19H26N4/c1-13(2)23-20-18(15-9-10-15)19(21-23)17-12-22(3)11-16(17)14-7-5-4-6-8-14/h4-8,13,15-17H,9-12H2,1-3H3. The first kappa shape index (κ1) is 14.9. The molecule has 4 heteroatoms. The van der Waals surface area contributed by atoms with Gasteiger partial charge in [0.15, 0.2) is 0 Å². The minimum Gasteiger partial charge on any atom is -0.305 e. The van der Waals surface area contributed by atoms with Crippen molar-refractivity contribution in [1.82, 2.24) is 19.9 Å². The maximum Gasteiger partial charge on any atom is 0.0912 e. The highest BCUT2D eigenvalue weighted by molar-refractivity contribution is 5.32. The van der Waals surface area contributed by atoms with Gasteiger partial charge in [-0.25, -0.2) is 0 Å². The van der Waals surface area contributed by atoms with Crippen LogP contribution in [0.2, 0.25) is 0 Å². The van der Waals surface area contributed by atoms with Crippen molar-refractivity contribution in [2.45, 2.75) is 50.5 Å². The monoisotopic (exact) mass is 310 g/mol. The zero-order valence-electron chi connectivity index (χ0n) is 14.3. The van der Waals surface area contributed by atoms with Gasteiger partial charge in [-0.15, -0.1) is 0 Å². The summed E-state index contributed by atoms with van der Waals surface area (Å²) in [6, 6.07) is 11.3. The van der Waals surface area contributed by atoms with Gasteiger partial charge in [-0.3, -0.25) is 0 Å². The van der Waals surface area contributed by atoms with E-state index in [4.69, 9.17) is 10.2 Å². The predicted molar refractivity (Wildman–Crippen MR) is 91.8 cm³/mol. The molecule has 0 spiro atoms. The Morgan fingerprint density at radius 2 is 1.61 bits per heavy atom. The van der Waals surface area contributed by atoms with Crippen LogP contribution in [0.25, 0.3) is 0 Å². The maximum atomic E-state index is 4.94. The van der Waals surface area contributed by atoms with E-state index in [1.807, 2.05) is 4.80 Å². The summed E-state index contributed by atoms with van der Waals surface area (Å²) in [4.78, 5) is 4.37. The Morgan fingerprint density at radius 1 is 0.957 bits per heavy atom. The van der Waals surface area contributed by atoms with Crippen LogP contribution in [0.4, 0.5) is 0 Å². The molecule has 2 fully saturated rings. The molecule has 2 aliphatic rings. The molecule has 0 bridgehead atoms. The van der Waals surface area contributed by atoms with E-state index >= 15 is 0 Å². The molecule has 2 unspecified atom stereocenters. The quantitative estimate of drug-likeness (QED) is 0.866. The Hall–Kier alpha value is -1.68. The van der Waals surface area contributed by atoms with E-state index in [1.54, 1.807) is 0 Å². The lowest BCUT2D eigenvalue weighted by Crippen LogP contribution is -2.14. The molecule has 1 aromatic heterocycles. The van der Waals surface area contributed by atoms with E-state index in [0.717, 1.165) is 13.1 Å².